The smallest absolute Gasteiger partial charge is 0.241 e. The highest BCUT2D eigenvalue weighted by Crippen LogP contribution is 2.47. The Hall–Kier alpha value is 0.880. The third-order valence-corrected chi connectivity index (χ3v) is 3.17. The van der Waals surface area contributed by atoms with Gasteiger partial charge < -0.3 is 14.9 Å². The summed E-state index contributed by atoms with van der Waals surface area (Å²) in [6.45, 7) is 4.85. The largest absolute Gasteiger partial charge is 0.412 e. The Balaban J connectivity index is 0. The molecule has 0 amide bonds. The molecular formula is C8H21O3PS2. The lowest BCUT2D eigenvalue weighted by atomic mass is 10.0. The van der Waals surface area contributed by atoms with Crippen molar-refractivity contribution < 1.29 is 14.9 Å². The minimum atomic E-state index is -2.74. The van der Waals surface area contributed by atoms with Crippen molar-refractivity contribution in [3.8, 4) is 0 Å². The van der Waals surface area contributed by atoms with Gasteiger partial charge in [-0.25, -0.2) is 0 Å². The summed E-state index contributed by atoms with van der Waals surface area (Å²) in [6, 6.07) is 0. The Bertz CT molecular complexity index is 172. The second-order valence-corrected chi connectivity index (χ2v) is 8.37. The Kier molecular flexibility index (Phi) is 11.3. The van der Waals surface area contributed by atoms with Crippen LogP contribution in [-0.2, 0) is 16.3 Å². The summed E-state index contributed by atoms with van der Waals surface area (Å²) >= 11 is 8.49. The third-order valence-electron chi connectivity index (χ3n) is 2.02. The first-order valence-electron chi connectivity index (χ1n) is 4.69. The van der Waals surface area contributed by atoms with Gasteiger partial charge in [0.15, 0.2) is 0 Å². The number of thiol groups is 1. The minimum Gasteiger partial charge on any atom is -0.412 e. The first-order chi connectivity index (χ1) is 5.99. The quantitative estimate of drug-likeness (QED) is 0.546. The SMILES string of the molecule is CCCCC(CC)COP(O)(=S)S.O. The van der Waals surface area contributed by atoms with Crippen LogP contribution in [0.1, 0.15) is 39.5 Å². The molecule has 3 N–H and O–H groups in total. The van der Waals surface area contributed by atoms with Gasteiger partial charge in [0.25, 0.3) is 0 Å². The molecule has 0 aliphatic rings. The summed E-state index contributed by atoms with van der Waals surface area (Å²) in [5.74, 6) is 0.515. The van der Waals surface area contributed by atoms with Gasteiger partial charge in [-0.15, -0.1) is 0 Å². The second kappa shape index (κ2) is 9.13. The van der Waals surface area contributed by atoms with Gasteiger partial charge in [-0.3, -0.25) is 0 Å². The predicted molar refractivity (Wildman–Crippen MR) is 68.4 cm³/mol. The fourth-order valence-electron chi connectivity index (χ4n) is 1.10. The standard InChI is InChI=1S/C8H19O2PS2.H2O/c1-3-5-6-8(4-2)7-10-11(9,12)13;/h8H,3-7H2,1-2H3,(H2,9,12,13);1H2. The molecule has 0 rings (SSSR count). The number of hydrogen-bond donors (Lipinski definition) is 2. The maximum absolute atomic E-state index is 9.16. The summed E-state index contributed by atoms with van der Waals surface area (Å²) in [7, 11) is 0. The molecule has 0 aromatic rings. The molecule has 2 atom stereocenters. The van der Waals surface area contributed by atoms with Crippen LogP contribution >= 0.6 is 17.9 Å². The van der Waals surface area contributed by atoms with E-state index in [1.54, 1.807) is 0 Å². The maximum Gasteiger partial charge on any atom is 0.241 e. The molecule has 2 unspecified atom stereocenters. The molecule has 0 spiro atoms. The van der Waals surface area contributed by atoms with Crippen LogP contribution < -0.4 is 0 Å². The minimum absolute atomic E-state index is 0. The van der Waals surface area contributed by atoms with Crippen LogP contribution in [0.5, 0.6) is 0 Å². The molecule has 14 heavy (non-hydrogen) atoms. The van der Waals surface area contributed by atoms with Gasteiger partial charge in [0, 0.05) is 0 Å². The van der Waals surface area contributed by atoms with E-state index in [2.05, 4.69) is 37.9 Å². The summed E-state index contributed by atoms with van der Waals surface area (Å²) < 4.78 is 5.13. The normalized spacial score (nSPS) is 16.9. The van der Waals surface area contributed by atoms with Crippen LogP contribution in [0.25, 0.3) is 0 Å². The van der Waals surface area contributed by atoms with E-state index in [1.165, 1.54) is 12.8 Å². The van der Waals surface area contributed by atoms with Crippen LogP contribution in [-0.4, -0.2) is 17.0 Å². The van der Waals surface area contributed by atoms with E-state index in [1.807, 2.05) is 0 Å². The van der Waals surface area contributed by atoms with E-state index >= 15 is 0 Å². The molecule has 3 nitrogen and oxygen atoms in total. The zero-order valence-corrected chi connectivity index (χ0v) is 11.4. The van der Waals surface area contributed by atoms with Gasteiger partial charge in [0.2, 0.25) is 5.69 Å². The number of unbranched alkanes of at least 4 members (excludes halogenated alkanes) is 1. The van der Waals surface area contributed by atoms with Gasteiger partial charge >= 0.3 is 0 Å². The van der Waals surface area contributed by atoms with Crippen LogP contribution in [0.15, 0.2) is 0 Å². The summed E-state index contributed by atoms with van der Waals surface area (Å²) in [5.41, 5.74) is -2.74. The van der Waals surface area contributed by atoms with Crippen molar-refractivity contribution >= 4 is 29.7 Å². The monoisotopic (exact) mass is 260 g/mol. The van der Waals surface area contributed by atoms with Gasteiger partial charge in [-0.1, -0.05) is 45.4 Å². The summed E-state index contributed by atoms with van der Waals surface area (Å²) in [6.07, 6.45) is 4.63. The number of rotatable bonds is 7. The van der Waals surface area contributed by atoms with Gasteiger partial charge in [-0.2, -0.15) is 0 Å². The highest BCUT2D eigenvalue weighted by Gasteiger charge is 2.11. The van der Waals surface area contributed by atoms with E-state index < -0.39 is 5.69 Å². The van der Waals surface area contributed by atoms with E-state index in [4.69, 9.17) is 9.42 Å². The van der Waals surface area contributed by atoms with Crippen molar-refractivity contribution in [3.63, 3.8) is 0 Å². The fourth-order valence-corrected chi connectivity index (χ4v) is 1.89. The average Bonchev–Trinajstić information content (AvgIpc) is 2.03. The summed E-state index contributed by atoms with van der Waals surface area (Å²) in [5, 5.41) is 0. The van der Waals surface area contributed by atoms with Gasteiger partial charge in [-0.05, 0) is 24.1 Å². The number of hydrogen-bond acceptors (Lipinski definition) is 2. The van der Waals surface area contributed by atoms with E-state index in [9.17, 15) is 0 Å². The van der Waals surface area contributed by atoms with Crippen molar-refractivity contribution in [2.24, 2.45) is 5.92 Å². The molecule has 0 fully saturated rings. The highest BCUT2D eigenvalue weighted by atomic mass is 32.9. The topological polar surface area (TPSA) is 61.0 Å². The molecule has 0 heterocycles. The lowest BCUT2D eigenvalue weighted by Gasteiger charge is -2.16. The zero-order chi connectivity index (χ0) is 10.3. The summed E-state index contributed by atoms with van der Waals surface area (Å²) in [4.78, 5) is 9.16. The van der Waals surface area contributed by atoms with Crippen LogP contribution in [0.3, 0.4) is 0 Å². The third kappa shape index (κ3) is 11.0. The van der Waals surface area contributed by atoms with Crippen molar-refractivity contribution in [2.75, 3.05) is 6.61 Å². The lowest BCUT2D eigenvalue weighted by Crippen LogP contribution is -2.06. The molecular weight excluding hydrogens is 239 g/mol. The van der Waals surface area contributed by atoms with E-state index in [-0.39, 0.29) is 5.48 Å². The molecule has 0 bridgehead atoms. The van der Waals surface area contributed by atoms with Crippen molar-refractivity contribution in [3.05, 3.63) is 0 Å². The molecule has 0 aliphatic carbocycles. The van der Waals surface area contributed by atoms with Gasteiger partial charge in [0.1, 0.15) is 0 Å². The fraction of sp³-hybridized carbons (Fsp3) is 1.00. The van der Waals surface area contributed by atoms with Crippen molar-refractivity contribution in [1.29, 1.82) is 0 Å². The second-order valence-electron chi connectivity index (χ2n) is 3.20. The van der Waals surface area contributed by atoms with Crippen molar-refractivity contribution in [2.45, 2.75) is 39.5 Å². The molecule has 0 radical (unpaired) electrons. The van der Waals surface area contributed by atoms with E-state index in [0.29, 0.717) is 12.5 Å². The molecule has 0 aromatic carbocycles. The Morgan fingerprint density at radius 2 is 2.07 bits per heavy atom. The molecule has 0 aliphatic heterocycles. The Morgan fingerprint density at radius 1 is 1.50 bits per heavy atom. The Morgan fingerprint density at radius 3 is 2.43 bits per heavy atom. The van der Waals surface area contributed by atoms with Crippen LogP contribution in [0.4, 0.5) is 0 Å². The predicted octanol–water partition coefficient (Wildman–Crippen LogP) is 2.54. The molecule has 0 saturated heterocycles. The molecule has 0 saturated carbocycles. The molecule has 88 valence electrons. The molecule has 0 aromatic heterocycles. The average molecular weight is 260 g/mol. The van der Waals surface area contributed by atoms with E-state index in [0.717, 1.165) is 12.8 Å². The highest BCUT2D eigenvalue weighted by molar-refractivity contribution is 8.59. The Labute approximate surface area is 96.9 Å². The van der Waals surface area contributed by atoms with Crippen LogP contribution in [0, 0.1) is 5.92 Å². The zero-order valence-electron chi connectivity index (χ0n) is 8.77. The van der Waals surface area contributed by atoms with Gasteiger partial charge in [0.05, 0.1) is 6.61 Å². The first-order valence-corrected chi connectivity index (χ1v) is 8.52. The van der Waals surface area contributed by atoms with Crippen LogP contribution in [0.2, 0.25) is 0 Å². The first kappa shape index (κ1) is 17.3. The lowest BCUT2D eigenvalue weighted by molar-refractivity contribution is 0.238. The maximum atomic E-state index is 9.16. The molecule has 6 heteroatoms. The van der Waals surface area contributed by atoms with Crippen molar-refractivity contribution in [1.82, 2.24) is 0 Å².